The fraction of sp³-hybridized carbons (Fsp3) is 0.500. The van der Waals surface area contributed by atoms with Crippen LogP contribution in [0.3, 0.4) is 0 Å². The van der Waals surface area contributed by atoms with Crippen LogP contribution < -0.4 is 5.32 Å². The van der Waals surface area contributed by atoms with Gasteiger partial charge in [0.2, 0.25) is 0 Å². The monoisotopic (exact) mass is 266 g/mol. The van der Waals surface area contributed by atoms with Gasteiger partial charge in [0.1, 0.15) is 5.69 Å². The van der Waals surface area contributed by atoms with E-state index in [-0.39, 0.29) is 30.5 Å². The van der Waals surface area contributed by atoms with E-state index in [1.54, 1.807) is 0 Å². The van der Waals surface area contributed by atoms with Crippen molar-refractivity contribution in [3.8, 4) is 0 Å². The van der Waals surface area contributed by atoms with Gasteiger partial charge in [0.25, 0.3) is 11.6 Å². The summed E-state index contributed by atoms with van der Waals surface area (Å²) < 4.78 is 1.53. The average molecular weight is 266 g/mol. The zero-order valence-corrected chi connectivity index (χ0v) is 10.6. The number of nitrogens with zero attached hydrogens (tertiary/aromatic N) is 5. The molecule has 0 saturated carbocycles. The molecule has 9 nitrogen and oxygen atoms in total. The summed E-state index contributed by atoms with van der Waals surface area (Å²) in [6.45, 7) is 3.95. The lowest BCUT2D eigenvalue weighted by Gasteiger charge is -2.11. The zero-order valence-electron chi connectivity index (χ0n) is 10.6. The molecule has 1 rings (SSSR count). The van der Waals surface area contributed by atoms with Gasteiger partial charge in [-0.2, -0.15) is 0 Å². The van der Waals surface area contributed by atoms with Crippen molar-refractivity contribution in [2.24, 2.45) is 5.11 Å². The number of azide groups is 1. The minimum atomic E-state index is -0.546. The van der Waals surface area contributed by atoms with Crippen LogP contribution in [0.25, 0.3) is 10.4 Å². The summed E-state index contributed by atoms with van der Waals surface area (Å²) in [6, 6.07) is 1.15. The quantitative estimate of drug-likeness (QED) is 0.211. The van der Waals surface area contributed by atoms with Crippen LogP contribution in [0.2, 0.25) is 0 Å². The third-order valence-corrected chi connectivity index (χ3v) is 2.39. The average Bonchev–Trinajstić information content (AvgIpc) is 2.79. The summed E-state index contributed by atoms with van der Waals surface area (Å²) in [5.41, 5.74) is 8.18. The lowest BCUT2D eigenvalue weighted by molar-refractivity contribution is -0.384. The minimum absolute atomic E-state index is 0.0772. The molecule has 102 valence electrons. The Hall–Kier alpha value is -2.54. The molecule has 9 heteroatoms. The van der Waals surface area contributed by atoms with Crippen molar-refractivity contribution in [3.63, 3.8) is 0 Å². The SMILES string of the molecule is CC(C)n1cc([N+](=O)[O-])cc1C(=O)NCCN=[N+]=[N-]. The van der Waals surface area contributed by atoms with Gasteiger partial charge in [0, 0.05) is 30.1 Å². The second-order valence-electron chi connectivity index (χ2n) is 4.05. The fourth-order valence-corrected chi connectivity index (χ4v) is 1.53. The van der Waals surface area contributed by atoms with Gasteiger partial charge in [-0.1, -0.05) is 5.11 Å². The molecule has 0 atom stereocenters. The predicted molar refractivity (Wildman–Crippen MR) is 67.8 cm³/mol. The maximum absolute atomic E-state index is 11.9. The number of hydrogen-bond acceptors (Lipinski definition) is 4. The van der Waals surface area contributed by atoms with Gasteiger partial charge in [-0.25, -0.2) is 0 Å². The van der Waals surface area contributed by atoms with E-state index < -0.39 is 10.8 Å². The van der Waals surface area contributed by atoms with Gasteiger partial charge in [-0.05, 0) is 19.4 Å². The van der Waals surface area contributed by atoms with Crippen LogP contribution in [0, 0.1) is 10.1 Å². The summed E-state index contributed by atoms with van der Waals surface area (Å²) in [5, 5.41) is 16.5. The molecule has 0 aromatic carbocycles. The van der Waals surface area contributed by atoms with Crippen LogP contribution in [0.15, 0.2) is 17.4 Å². The van der Waals surface area contributed by atoms with E-state index in [2.05, 4.69) is 15.3 Å². The largest absolute Gasteiger partial charge is 0.351 e. The van der Waals surface area contributed by atoms with Gasteiger partial charge in [0.15, 0.2) is 0 Å². The summed E-state index contributed by atoms with van der Waals surface area (Å²) >= 11 is 0. The molecular weight excluding hydrogens is 252 g/mol. The minimum Gasteiger partial charge on any atom is -0.351 e. The highest BCUT2D eigenvalue weighted by atomic mass is 16.6. The standard InChI is InChI=1S/C10H14N6O3/c1-7(2)15-6-8(16(18)19)5-9(15)10(17)12-3-4-13-14-11/h5-7H,3-4H2,1-2H3,(H,12,17). The van der Waals surface area contributed by atoms with E-state index in [1.807, 2.05) is 13.8 Å². The number of carbonyl (C=O) groups excluding carboxylic acids is 1. The highest BCUT2D eigenvalue weighted by molar-refractivity contribution is 5.93. The molecule has 0 saturated heterocycles. The molecule has 0 aliphatic heterocycles. The number of nitrogens with one attached hydrogen (secondary N) is 1. The number of amides is 1. The molecular formula is C10H14N6O3. The van der Waals surface area contributed by atoms with E-state index >= 15 is 0 Å². The third kappa shape index (κ3) is 3.71. The van der Waals surface area contributed by atoms with E-state index in [1.165, 1.54) is 16.8 Å². The van der Waals surface area contributed by atoms with E-state index in [4.69, 9.17) is 5.53 Å². The van der Waals surface area contributed by atoms with Crippen LogP contribution in [0.1, 0.15) is 30.4 Å². The first-order valence-corrected chi connectivity index (χ1v) is 5.62. The molecule has 0 spiro atoms. The smallest absolute Gasteiger partial charge is 0.287 e. The zero-order chi connectivity index (χ0) is 14.4. The summed E-state index contributed by atoms with van der Waals surface area (Å²) in [6.07, 6.45) is 1.33. The third-order valence-electron chi connectivity index (χ3n) is 2.39. The second-order valence-corrected chi connectivity index (χ2v) is 4.05. The first kappa shape index (κ1) is 14.5. The van der Waals surface area contributed by atoms with Crippen molar-refractivity contribution in [1.82, 2.24) is 9.88 Å². The van der Waals surface area contributed by atoms with Crippen molar-refractivity contribution in [2.75, 3.05) is 13.1 Å². The Morgan fingerprint density at radius 1 is 1.68 bits per heavy atom. The van der Waals surface area contributed by atoms with Crippen molar-refractivity contribution < 1.29 is 9.72 Å². The molecule has 0 radical (unpaired) electrons. The highest BCUT2D eigenvalue weighted by Gasteiger charge is 2.20. The first-order chi connectivity index (χ1) is 8.97. The lowest BCUT2D eigenvalue weighted by Crippen LogP contribution is -2.28. The van der Waals surface area contributed by atoms with Gasteiger partial charge < -0.3 is 9.88 Å². The van der Waals surface area contributed by atoms with Crippen LogP contribution in [-0.4, -0.2) is 28.5 Å². The number of carbonyl (C=O) groups is 1. The molecule has 1 aromatic rings. The number of rotatable bonds is 6. The molecule has 1 aromatic heterocycles. The Balaban J connectivity index is 2.88. The van der Waals surface area contributed by atoms with E-state index in [0.29, 0.717) is 0 Å². The summed E-state index contributed by atoms with van der Waals surface area (Å²) in [7, 11) is 0. The Morgan fingerprint density at radius 2 is 2.37 bits per heavy atom. The molecule has 0 aliphatic rings. The van der Waals surface area contributed by atoms with Crippen molar-refractivity contribution in [2.45, 2.75) is 19.9 Å². The van der Waals surface area contributed by atoms with E-state index in [9.17, 15) is 14.9 Å². The Bertz CT molecular complexity index is 529. The number of nitro groups is 1. The lowest BCUT2D eigenvalue weighted by atomic mass is 10.3. The Kier molecular flexibility index (Phi) is 4.90. The topological polar surface area (TPSA) is 126 Å². The normalized spacial score (nSPS) is 10.1. The fourth-order valence-electron chi connectivity index (χ4n) is 1.53. The molecule has 0 aliphatic carbocycles. The molecule has 19 heavy (non-hydrogen) atoms. The first-order valence-electron chi connectivity index (χ1n) is 5.62. The number of aromatic nitrogens is 1. The molecule has 0 unspecified atom stereocenters. The van der Waals surface area contributed by atoms with Crippen molar-refractivity contribution in [3.05, 3.63) is 38.5 Å². The summed E-state index contributed by atoms with van der Waals surface area (Å²) in [5.74, 6) is -0.435. The molecule has 1 N–H and O–H groups in total. The van der Waals surface area contributed by atoms with Gasteiger partial charge in [0.05, 0.1) is 11.1 Å². The van der Waals surface area contributed by atoms with Crippen LogP contribution in [0.4, 0.5) is 5.69 Å². The maximum Gasteiger partial charge on any atom is 0.287 e. The Morgan fingerprint density at radius 3 is 2.89 bits per heavy atom. The van der Waals surface area contributed by atoms with Crippen molar-refractivity contribution in [1.29, 1.82) is 0 Å². The molecule has 1 heterocycles. The van der Waals surface area contributed by atoms with Gasteiger partial charge >= 0.3 is 0 Å². The molecule has 1 amide bonds. The number of hydrogen-bond donors (Lipinski definition) is 1. The van der Waals surface area contributed by atoms with Crippen LogP contribution in [0.5, 0.6) is 0 Å². The maximum atomic E-state index is 11.9. The Labute approximate surface area is 109 Å². The van der Waals surface area contributed by atoms with E-state index in [0.717, 1.165) is 0 Å². The van der Waals surface area contributed by atoms with Crippen LogP contribution in [-0.2, 0) is 0 Å². The highest BCUT2D eigenvalue weighted by Crippen LogP contribution is 2.20. The predicted octanol–water partition coefficient (Wildman–Crippen LogP) is 2.02. The van der Waals surface area contributed by atoms with Gasteiger partial charge in [-0.15, -0.1) is 0 Å². The van der Waals surface area contributed by atoms with Gasteiger partial charge in [-0.3, -0.25) is 14.9 Å². The molecule has 0 fully saturated rings. The van der Waals surface area contributed by atoms with Crippen molar-refractivity contribution >= 4 is 11.6 Å². The summed E-state index contributed by atoms with van der Waals surface area (Å²) in [4.78, 5) is 24.6. The molecule has 0 bridgehead atoms. The second kappa shape index (κ2) is 6.41. The van der Waals surface area contributed by atoms with Crippen LogP contribution >= 0.6 is 0 Å².